The van der Waals surface area contributed by atoms with Crippen molar-refractivity contribution in [1.82, 2.24) is 15.5 Å². The molecule has 1 unspecified atom stereocenters. The predicted octanol–water partition coefficient (Wildman–Crippen LogP) is 1.72. The van der Waals surface area contributed by atoms with Crippen molar-refractivity contribution in [3.05, 3.63) is 29.8 Å². The molecule has 0 aromatic heterocycles. The maximum Gasteiger partial charge on any atom is 0.191 e. The third-order valence-corrected chi connectivity index (χ3v) is 3.32. The number of nitrogens with zero attached hydrogens (tertiary/aromatic N) is 2. The van der Waals surface area contributed by atoms with Crippen molar-refractivity contribution in [1.29, 1.82) is 0 Å². The highest BCUT2D eigenvalue weighted by Gasteiger charge is 2.06. The van der Waals surface area contributed by atoms with Crippen LogP contribution in [-0.4, -0.2) is 64.4 Å². The van der Waals surface area contributed by atoms with Crippen molar-refractivity contribution in [3.63, 3.8) is 0 Å². The van der Waals surface area contributed by atoms with Gasteiger partial charge >= 0.3 is 0 Å². The highest BCUT2D eigenvalue weighted by molar-refractivity contribution is 5.80. The second-order valence-electron chi connectivity index (χ2n) is 5.96. The normalized spacial score (nSPS) is 13.0. The lowest BCUT2D eigenvalue weighted by molar-refractivity contribution is 0.179. The number of nitrogens with one attached hydrogen (secondary N) is 2. The molecule has 1 aromatic carbocycles. The first-order valence-corrected chi connectivity index (χ1v) is 8.46. The molecular formula is C18H32N4O2. The minimum atomic E-state index is 0.194. The van der Waals surface area contributed by atoms with Gasteiger partial charge in [0, 0.05) is 31.8 Å². The Hall–Kier alpha value is -1.79. The van der Waals surface area contributed by atoms with E-state index in [1.165, 1.54) is 0 Å². The molecule has 0 aliphatic carbocycles. The van der Waals surface area contributed by atoms with Gasteiger partial charge in [-0.1, -0.05) is 18.2 Å². The third kappa shape index (κ3) is 8.17. The number of benzene rings is 1. The topological polar surface area (TPSA) is 58.1 Å². The molecule has 1 atom stereocenters. The van der Waals surface area contributed by atoms with E-state index in [9.17, 15) is 0 Å². The average Bonchev–Trinajstić information content (AvgIpc) is 2.54. The number of aliphatic imine (C=N–C) groups is 1. The first kappa shape index (κ1) is 20.3. The van der Waals surface area contributed by atoms with Gasteiger partial charge in [-0.05, 0) is 34.0 Å². The number of likely N-dealkylation sites (N-methyl/N-ethyl adjacent to an activating group) is 1. The fraction of sp³-hybridized carbons (Fsp3) is 0.611. The molecule has 0 spiro atoms. The summed E-state index contributed by atoms with van der Waals surface area (Å²) in [6, 6.07) is 8.24. The molecule has 1 rings (SSSR count). The zero-order valence-electron chi connectivity index (χ0n) is 15.6. The lowest BCUT2D eigenvalue weighted by Crippen LogP contribution is -2.43. The molecule has 136 valence electrons. The molecule has 0 heterocycles. The summed E-state index contributed by atoms with van der Waals surface area (Å²) in [5.74, 6) is 1.68. The average molecular weight is 336 g/mol. The standard InChI is InChI=1S/C18H32N4O2/c1-6-19-18(21-15(2)14-23-5)20-13-16-9-7-8-10-17(16)24-12-11-22(3)4/h7-10,15H,6,11-14H2,1-5H3,(H2,19,20,21). The molecular weight excluding hydrogens is 304 g/mol. The van der Waals surface area contributed by atoms with Gasteiger partial charge in [-0.2, -0.15) is 0 Å². The molecule has 0 aliphatic rings. The van der Waals surface area contributed by atoms with Gasteiger partial charge in [0.25, 0.3) is 0 Å². The second-order valence-corrected chi connectivity index (χ2v) is 5.96. The van der Waals surface area contributed by atoms with Gasteiger partial charge in [0.2, 0.25) is 0 Å². The van der Waals surface area contributed by atoms with E-state index in [1.54, 1.807) is 7.11 Å². The molecule has 2 N–H and O–H groups in total. The second kappa shape index (κ2) is 11.7. The Morgan fingerprint density at radius 1 is 1.29 bits per heavy atom. The Morgan fingerprint density at radius 3 is 2.71 bits per heavy atom. The molecule has 0 bridgehead atoms. The molecule has 1 aromatic rings. The SMILES string of the molecule is CCNC(=NCc1ccccc1OCCN(C)C)NC(C)COC. The van der Waals surface area contributed by atoms with Crippen LogP contribution in [0.3, 0.4) is 0 Å². The summed E-state index contributed by atoms with van der Waals surface area (Å²) in [5.41, 5.74) is 1.08. The van der Waals surface area contributed by atoms with Crippen LogP contribution in [0.5, 0.6) is 5.75 Å². The number of ether oxygens (including phenoxy) is 2. The fourth-order valence-corrected chi connectivity index (χ4v) is 2.12. The number of para-hydroxylation sites is 1. The van der Waals surface area contributed by atoms with Crippen molar-refractivity contribution in [2.45, 2.75) is 26.4 Å². The number of methoxy groups -OCH3 is 1. The third-order valence-electron chi connectivity index (χ3n) is 3.32. The molecule has 6 nitrogen and oxygen atoms in total. The number of hydrogen-bond donors (Lipinski definition) is 2. The predicted molar refractivity (Wildman–Crippen MR) is 99.8 cm³/mol. The Labute approximate surface area is 146 Å². The molecule has 6 heteroatoms. The largest absolute Gasteiger partial charge is 0.492 e. The molecule has 24 heavy (non-hydrogen) atoms. The summed E-state index contributed by atoms with van der Waals surface area (Å²) >= 11 is 0. The van der Waals surface area contributed by atoms with Gasteiger partial charge < -0.3 is 25.0 Å². The maximum atomic E-state index is 5.89. The Balaban J connectivity index is 2.70. The van der Waals surface area contributed by atoms with Crippen molar-refractivity contribution in [3.8, 4) is 5.75 Å². The maximum absolute atomic E-state index is 5.89. The van der Waals surface area contributed by atoms with E-state index in [1.807, 2.05) is 32.3 Å². The van der Waals surface area contributed by atoms with Crippen LogP contribution in [0.1, 0.15) is 19.4 Å². The highest BCUT2D eigenvalue weighted by Crippen LogP contribution is 2.18. The monoisotopic (exact) mass is 336 g/mol. The lowest BCUT2D eigenvalue weighted by Gasteiger charge is -2.17. The van der Waals surface area contributed by atoms with Crippen LogP contribution in [0.15, 0.2) is 29.3 Å². The van der Waals surface area contributed by atoms with Gasteiger partial charge in [0.1, 0.15) is 12.4 Å². The van der Waals surface area contributed by atoms with E-state index in [2.05, 4.69) is 40.4 Å². The van der Waals surface area contributed by atoms with E-state index >= 15 is 0 Å². The molecule has 0 saturated heterocycles. The van der Waals surface area contributed by atoms with Gasteiger partial charge in [0.15, 0.2) is 5.96 Å². The number of hydrogen-bond acceptors (Lipinski definition) is 4. The molecule has 0 fully saturated rings. The van der Waals surface area contributed by atoms with Gasteiger partial charge in [-0.3, -0.25) is 0 Å². The Bertz CT molecular complexity index is 492. The van der Waals surface area contributed by atoms with Crippen molar-refractivity contribution >= 4 is 5.96 Å². The minimum absolute atomic E-state index is 0.194. The van der Waals surface area contributed by atoms with Crippen molar-refractivity contribution in [2.24, 2.45) is 4.99 Å². The Morgan fingerprint density at radius 2 is 2.04 bits per heavy atom. The van der Waals surface area contributed by atoms with E-state index in [-0.39, 0.29) is 6.04 Å². The minimum Gasteiger partial charge on any atom is -0.492 e. The van der Waals surface area contributed by atoms with Crippen LogP contribution in [0, 0.1) is 0 Å². The van der Waals surface area contributed by atoms with Crippen LogP contribution in [-0.2, 0) is 11.3 Å². The van der Waals surface area contributed by atoms with Crippen molar-refractivity contribution in [2.75, 3.05) is 47.5 Å². The van der Waals surface area contributed by atoms with Crippen LogP contribution in [0.2, 0.25) is 0 Å². The van der Waals surface area contributed by atoms with Crippen LogP contribution >= 0.6 is 0 Å². The summed E-state index contributed by atoms with van der Waals surface area (Å²) in [6.45, 7) is 7.67. The van der Waals surface area contributed by atoms with E-state index < -0.39 is 0 Å². The van der Waals surface area contributed by atoms with E-state index in [0.717, 1.165) is 30.4 Å². The number of rotatable bonds is 10. The molecule has 0 radical (unpaired) electrons. The quantitative estimate of drug-likeness (QED) is 0.503. The van der Waals surface area contributed by atoms with Crippen molar-refractivity contribution < 1.29 is 9.47 Å². The highest BCUT2D eigenvalue weighted by atomic mass is 16.5. The van der Waals surface area contributed by atoms with Crippen LogP contribution < -0.4 is 15.4 Å². The summed E-state index contributed by atoms with van der Waals surface area (Å²) in [6.07, 6.45) is 0. The summed E-state index contributed by atoms with van der Waals surface area (Å²) in [5, 5.41) is 6.59. The van der Waals surface area contributed by atoms with Gasteiger partial charge in [-0.15, -0.1) is 0 Å². The molecule has 0 aliphatic heterocycles. The lowest BCUT2D eigenvalue weighted by atomic mass is 10.2. The van der Waals surface area contributed by atoms with Crippen LogP contribution in [0.25, 0.3) is 0 Å². The fourth-order valence-electron chi connectivity index (χ4n) is 2.12. The molecule has 0 amide bonds. The first-order chi connectivity index (χ1) is 11.6. The Kier molecular flexibility index (Phi) is 9.88. The molecule has 0 saturated carbocycles. The van der Waals surface area contributed by atoms with E-state index in [4.69, 9.17) is 9.47 Å². The zero-order chi connectivity index (χ0) is 17.8. The summed E-state index contributed by atoms with van der Waals surface area (Å²) in [4.78, 5) is 6.76. The van der Waals surface area contributed by atoms with E-state index in [0.29, 0.717) is 19.8 Å². The summed E-state index contributed by atoms with van der Waals surface area (Å²) < 4.78 is 11.0. The first-order valence-electron chi connectivity index (χ1n) is 8.46. The van der Waals surface area contributed by atoms with Gasteiger partial charge in [-0.25, -0.2) is 4.99 Å². The van der Waals surface area contributed by atoms with Crippen LogP contribution in [0.4, 0.5) is 0 Å². The van der Waals surface area contributed by atoms with Gasteiger partial charge in [0.05, 0.1) is 13.2 Å². The summed E-state index contributed by atoms with van der Waals surface area (Å²) in [7, 11) is 5.77. The smallest absolute Gasteiger partial charge is 0.191 e. The number of guanidine groups is 1. The zero-order valence-corrected chi connectivity index (χ0v) is 15.6.